The predicted octanol–water partition coefficient (Wildman–Crippen LogP) is 1.97. The Morgan fingerprint density at radius 1 is 1.43 bits per heavy atom. The highest BCUT2D eigenvalue weighted by atomic mass is 19.4. The molecule has 2 aromatic heterocycles. The summed E-state index contributed by atoms with van der Waals surface area (Å²) in [4.78, 5) is 0. The first-order valence-electron chi connectivity index (χ1n) is 6.65. The number of hydrogen-bond acceptors (Lipinski definition) is 4. The maximum Gasteiger partial charge on any atom is 0.420 e. The summed E-state index contributed by atoms with van der Waals surface area (Å²) in [5, 5.41) is 10.6. The van der Waals surface area contributed by atoms with E-state index in [-0.39, 0.29) is 23.7 Å². The fraction of sp³-hybridized carbons (Fsp3) is 0.538. The van der Waals surface area contributed by atoms with Crippen LogP contribution in [0.3, 0.4) is 0 Å². The van der Waals surface area contributed by atoms with Crippen LogP contribution in [-0.2, 0) is 17.5 Å². The van der Waals surface area contributed by atoms with Gasteiger partial charge in [-0.15, -0.1) is 10.2 Å². The lowest BCUT2D eigenvalue weighted by atomic mass is 9.94. The molecule has 3 heterocycles. The van der Waals surface area contributed by atoms with Gasteiger partial charge in [0, 0.05) is 19.9 Å². The largest absolute Gasteiger partial charge is 0.420 e. The molecule has 114 valence electrons. The summed E-state index contributed by atoms with van der Waals surface area (Å²) in [5.74, 6) is 0.211. The molecule has 1 atom stereocenters. The zero-order valence-electron chi connectivity index (χ0n) is 11.4. The highest BCUT2D eigenvalue weighted by Crippen LogP contribution is 2.39. The number of ether oxygens (including phenoxy) is 1. The van der Waals surface area contributed by atoms with Gasteiger partial charge in [0.2, 0.25) is 0 Å². The average Bonchev–Trinajstić information content (AvgIpc) is 3.06. The first-order chi connectivity index (χ1) is 10.0. The third-order valence-corrected chi connectivity index (χ3v) is 3.74. The zero-order chi connectivity index (χ0) is 15.0. The van der Waals surface area contributed by atoms with Crippen molar-refractivity contribution in [3.8, 4) is 0 Å². The number of nitrogens with one attached hydrogen (secondary N) is 1. The van der Waals surface area contributed by atoms with Crippen LogP contribution in [0.25, 0.3) is 5.65 Å². The van der Waals surface area contributed by atoms with Crippen LogP contribution in [-0.4, -0.2) is 34.8 Å². The zero-order valence-corrected chi connectivity index (χ0v) is 11.4. The SMILES string of the molecule is COCc1nnc2c(C(F)(F)F)c(C3CCNC3)ccn12. The topological polar surface area (TPSA) is 51.5 Å². The standard InChI is InChI=1S/C13H15F3N4O/c1-21-7-10-18-19-12-11(13(14,15)16)9(3-5-20(10)12)8-2-4-17-6-8/h3,5,8,17H,2,4,6-7H2,1H3. The summed E-state index contributed by atoms with van der Waals surface area (Å²) in [6.45, 7) is 1.40. The van der Waals surface area contributed by atoms with Crippen LogP contribution in [0.1, 0.15) is 29.3 Å². The normalized spacial score (nSPS) is 19.5. The third kappa shape index (κ3) is 2.49. The molecule has 0 saturated carbocycles. The van der Waals surface area contributed by atoms with E-state index in [1.54, 1.807) is 6.20 Å². The Morgan fingerprint density at radius 3 is 2.86 bits per heavy atom. The van der Waals surface area contributed by atoms with Crippen LogP contribution < -0.4 is 5.32 Å². The molecule has 1 N–H and O–H groups in total. The van der Waals surface area contributed by atoms with Gasteiger partial charge in [-0.25, -0.2) is 0 Å². The van der Waals surface area contributed by atoms with Gasteiger partial charge in [0.25, 0.3) is 0 Å². The molecule has 8 heteroatoms. The molecule has 5 nitrogen and oxygen atoms in total. The minimum Gasteiger partial charge on any atom is -0.377 e. The van der Waals surface area contributed by atoms with Crippen molar-refractivity contribution >= 4 is 5.65 Å². The fourth-order valence-electron chi connectivity index (χ4n) is 2.80. The monoisotopic (exact) mass is 300 g/mol. The number of fused-ring (bicyclic) bond motifs is 1. The number of alkyl halides is 3. The van der Waals surface area contributed by atoms with Crippen LogP contribution in [0.5, 0.6) is 0 Å². The number of hydrogen-bond donors (Lipinski definition) is 1. The molecule has 1 unspecified atom stereocenters. The van der Waals surface area contributed by atoms with Gasteiger partial charge in [0.05, 0.1) is 0 Å². The molecule has 3 rings (SSSR count). The van der Waals surface area contributed by atoms with E-state index in [0.29, 0.717) is 18.8 Å². The van der Waals surface area contributed by atoms with Gasteiger partial charge in [-0.3, -0.25) is 4.40 Å². The molecule has 2 aromatic rings. The number of aromatic nitrogens is 3. The second kappa shape index (κ2) is 5.27. The number of halogens is 3. The Hall–Kier alpha value is -1.67. The summed E-state index contributed by atoms with van der Waals surface area (Å²) in [6.07, 6.45) is -2.18. The lowest BCUT2D eigenvalue weighted by Crippen LogP contribution is -2.16. The summed E-state index contributed by atoms with van der Waals surface area (Å²) < 4.78 is 46.8. The molecule has 1 aliphatic heterocycles. The van der Waals surface area contributed by atoms with Crippen molar-refractivity contribution in [1.29, 1.82) is 0 Å². The molecule has 1 saturated heterocycles. The molecule has 0 bridgehead atoms. The molecular formula is C13H15F3N4O. The second-order valence-electron chi connectivity index (χ2n) is 5.08. The minimum absolute atomic E-state index is 0.114. The van der Waals surface area contributed by atoms with E-state index in [1.807, 2.05) is 0 Å². The smallest absolute Gasteiger partial charge is 0.377 e. The van der Waals surface area contributed by atoms with E-state index in [1.165, 1.54) is 17.6 Å². The molecule has 0 aromatic carbocycles. The van der Waals surface area contributed by atoms with Crippen molar-refractivity contribution in [3.63, 3.8) is 0 Å². The highest BCUT2D eigenvalue weighted by molar-refractivity contribution is 5.55. The number of pyridine rings is 1. The van der Waals surface area contributed by atoms with E-state index < -0.39 is 11.7 Å². The lowest BCUT2D eigenvalue weighted by molar-refractivity contribution is -0.137. The van der Waals surface area contributed by atoms with Gasteiger partial charge in [0.1, 0.15) is 12.2 Å². The van der Waals surface area contributed by atoms with Crippen LogP contribution in [0, 0.1) is 0 Å². The Morgan fingerprint density at radius 2 is 2.24 bits per heavy atom. The van der Waals surface area contributed by atoms with Crippen LogP contribution in [0.4, 0.5) is 13.2 Å². The fourth-order valence-corrected chi connectivity index (χ4v) is 2.80. The van der Waals surface area contributed by atoms with Crippen molar-refractivity contribution in [3.05, 3.63) is 29.2 Å². The number of methoxy groups -OCH3 is 1. The molecule has 21 heavy (non-hydrogen) atoms. The maximum absolute atomic E-state index is 13.5. The second-order valence-corrected chi connectivity index (χ2v) is 5.08. The van der Waals surface area contributed by atoms with Crippen molar-refractivity contribution in [2.45, 2.75) is 25.1 Å². The minimum atomic E-state index is -4.46. The molecule has 1 aliphatic rings. The van der Waals surface area contributed by atoms with Gasteiger partial charge in [-0.05, 0) is 30.5 Å². The quantitative estimate of drug-likeness (QED) is 0.941. The predicted molar refractivity (Wildman–Crippen MR) is 68.9 cm³/mol. The van der Waals surface area contributed by atoms with Gasteiger partial charge >= 0.3 is 6.18 Å². The summed E-state index contributed by atoms with van der Waals surface area (Å²) in [6, 6.07) is 1.52. The first-order valence-corrected chi connectivity index (χ1v) is 6.65. The summed E-state index contributed by atoms with van der Waals surface area (Å²) in [5.41, 5.74) is -0.552. The van der Waals surface area contributed by atoms with Gasteiger partial charge in [-0.1, -0.05) is 0 Å². The molecule has 0 spiro atoms. The average molecular weight is 300 g/mol. The van der Waals surface area contributed by atoms with E-state index in [9.17, 15) is 13.2 Å². The van der Waals surface area contributed by atoms with Crippen molar-refractivity contribution in [1.82, 2.24) is 19.9 Å². The van der Waals surface area contributed by atoms with Crippen molar-refractivity contribution in [2.75, 3.05) is 20.2 Å². The summed E-state index contributed by atoms with van der Waals surface area (Å²) >= 11 is 0. The van der Waals surface area contributed by atoms with Gasteiger partial charge < -0.3 is 10.1 Å². The van der Waals surface area contributed by atoms with Gasteiger partial charge in [-0.2, -0.15) is 13.2 Å². The van der Waals surface area contributed by atoms with E-state index in [4.69, 9.17) is 4.74 Å². The van der Waals surface area contributed by atoms with Crippen LogP contribution in [0.2, 0.25) is 0 Å². The van der Waals surface area contributed by atoms with Crippen LogP contribution in [0.15, 0.2) is 12.3 Å². The number of rotatable bonds is 3. The Bertz CT molecular complexity index is 647. The van der Waals surface area contributed by atoms with E-state index in [2.05, 4.69) is 15.5 Å². The summed E-state index contributed by atoms with van der Waals surface area (Å²) in [7, 11) is 1.46. The molecule has 0 aliphatic carbocycles. The molecule has 0 radical (unpaired) electrons. The molecular weight excluding hydrogens is 285 g/mol. The van der Waals surface area contributed by atoms with E-state index >= 15 is 0 Å². The Balaban J connectivity index is 2.19. The van der Waals surface area contributed by atoms with Gasteiger partial charge in [0.15, 0.2) is 11.5 Å². The number of nitrogens with zero attached hydrogens (tertiary/aromatic N) is 3. The molecule has 0 amide bonds. The maximum atomic E-state index is 13.5. The van der Waals surface area contributed by atoms with Crippen LogP contribution >= 0.6 is 0 Å². The Labute approximate surface area is 119 Å². The van der Waals surface area contributed by atoms with E-state index in [0.717, 1.165) is 6.54 Å². The highest BCUT2D eigenvalue weighted by Gasteiger charge is 2.39. The van der Waals surface area contributed by atoms with Crippen molar-refractivity contribution < 1.29 is 17.9 Å². The molecule has 1 fully saturated rings. The lowest BCUT2D eigenvalue weighted by Gasteiger charge is -2.17. The Kier molecular flexibility index (Phi) is 3.58. The first kappa shape index (κ1) is 14.3. The van der Waals surface area contributed by atoms with Crippen molar-refractivity contribution in [2.24, 2.45) is 0 Å². The third-order valence-electron chi connectivity index (χ3n) is 3.74.